The number of benzene rings is 1. The molecule has 5 nitrogen and oxygen atoms in total. The van der Waals surface area contributed by atoms with Gasteiger partial charge in [0, 0.05) is 12.0 Å². The predicted octanol–water partition coefficient (Wildman–Crippen LogP) is 1.84. The zero-order valence-corrected chi connectivity index (χ0v) is 10.0. The zero-order chi connectivity index (χ0) is 13.2. The molecule has 19 heavy (non-hydrogen) atoms. The van der Waals surface area contributed by atoms with Crippen LogP contribution in [0.5, 0.6) is 5.75 Å². The van der Waals surface area contributed by atoms with Crippen LogP contribution >= 0.6 is 0 Å². The standard InChI is InChI=1S/C14H11N3O2/c18-9-11-5-3-7-14-15-13(16-17(11)14)8-10-4-1-2-6-12(10)19/h1-7,9,19H,8H2. The van der Waals surface area contributed by atoms with Crippen molar-refractivity contribution in [1.29, 1.82) is 0 Å². The van der Waals surface area contributed by atoms with Gasteiger partial charge < -0.3 is 5.11 Å². The van der Waals surface area contributed by atoms with Gasteiger partial charge in [-0.15, -0.1) is 0 Å². The summed E-state index contributed by atoms with van der Waals surface area (Å²) < 4.78 is 1.50. The first kappa shape index (κ1) is 11.4. The minimum Gasteiger partial charge on any atom is -0.508 e. The number of aldehydes is 1. The van der Waals surface area contributed by atoms with Crippen LogP contribution in [0.15, 0.2) is 42.5 Å². The quantitative estimate of drug-likeness (QED) is 0.723. The van der Waals surface area contributed by atoms with Crippen LogP contribution in [0.1, 0.15) is 21.9 Å². The number of hydrogen-bond donors (Lipinski definition) is 1. The Labute approximate surface area is 109 Å². The third-order valence-corrected chi connectivity index (χ3v) is 2.89. The smallest absolute Gasteiger partial charge is 0.168 e. The number of aromatic hydroxyl groups is 1. The molecule has 0 bridgehead atoms. The van der Waals surface area contributed by atoms with Gasteiger partial charge in [-0.3, -0.25) is 4.79 Å². The van der Waals surface area contributed by atoms with Crippen molar-refractivity contribution in [2.24, 2.45) is 0 Å². The average molecular weight is 253 g/mol. The van der Waals surface area contributed by atoms with Gasteiger partial charge in [-0.2, -0.15) is 5.10 Å². The molecule has 0 amide bonds. The minimum absolute atomic E-state index is 0.219. The number of pyridine rings is 1. The first-order chi connectivity index (χ1) is 9.28. The maximum atomic E-state index is 10.9. The fourth-order valence-electron chi connectivity index (χ4n) is 1.96. The summed E-state index contributed by atoms with van der Waals surface area (Å²) in [4.78, 5) is 15.3. The van der Waals surface area contributed by atoms with Gasteiger partial charge in [0.1, 0.15) is 11.4 Å². The number of aromatic nitrogens is 3. The fraction of sp³-hybridized carbons (Fsp3) is 0.0714. The SMILES string of the molecule is O=Cc1cccc2nc(Cc3ccccc3O)nn12. The lowest BCUT2D eigenvalue weighted by atomic mass is 10.1. The first-order valence-corrected chi connectivity index (χ1v) is 5.84. The summed E-state index contributed by atoms with van der Waals surface area (Å²) in [6.45, 7) is 0. The number of carbonyl (C=O) groups is 1. The molecule has 0 atom stereocenters. The highest BCUT2D eigenvalue weighted by Gasteiger charge is 2.09. The van der Waals surface area contributed by atoms with Crippen LogP contribution in [0.3, 0.4) is 0 Å². The van der Waals surface area contributed by atoms with Crippen molar-refractivity contribution in [2.45, 2.75) is 6.42 Å². The molecular weight excluding hydrogens is 242 g/mol. The van der Waals surface area contributed by atoms with Crippen molar-refractivity contribution in [1.82, 2.24) is 14.6 Å². The van der Waals surface area contributed by atoms with E-state index >= 15 is 0 Å². The first-order valence-electron chi connectivity index (χ1n) is 5.84. The van der Waals surface area contributed by atoms with Crippen LogP contribution < -0.4 is 0 Å². The molecule has 1 aromatic carbocycles. The number of hydrogen-bond acceptors (Lipinski definition) is 4. The Balaban J connectivity index is 2.03. The number of phenols is 1. The molecule has 3 aromatic rings. The summed E-state index contributed by atoms with van der Waals surface area (Å²) >= 11 is 0. The summed E-state index contributed by atoms with van der Waals surface area (Å²) in [5.74, 6) is 0.785. The van der Waals surface area contributed by atoms with E-state index in [2.05, 4.69) is 10.1 Å². The molecule has 0 fully saturated rings. The Bertz CT molecular complexity index is 749. The van der Waals surface area contributed by atoms with Crippen molar-refractivity contribution in [2.75, 3.05) is 0 Å². The molecule has 5 heteroatoms. The van der Waals surface area contributed by atoms with Crippen molar-refractivity contribution in [3.8, 4) is 5.75 Å². The highest BCUT2D eigenvalue weighted by molar-refractivity contribution is 5.73. The second-order valence-corrected chi connectivity index (χ2v) is 4.17. The number of para-hydroxylation sites is 1. The number of rotatable bonds is 3. The molecule has 0 aliphatic rings. The molecule has 2 heterocycles. The van der Waals surface area contributed by atoms with Crippen LogP contribution in [0.4, 0.5) is 0 Å². The van der Waals surface area contributed by atoms with E-state index in [1.54, 1.807) is 30.3 Å². The predicted molar refractivity (Wildman–Crippen MR) is 69.3 cm³/mol. The molecule has 0 saturated heterocycles. The molecule has 0 saturated carbocycles. The minimum atomic E-state index is 0.219. The summed E-state index contributed by atoms with van der Waals surface area (Å²) in [5.41, 5.74) is 1.83. The van der Waals surface area contributed by atoms with Crippen LogP contribution in [-0.4, -0.2) is 26.0 Å². The van der Waals surface area contributed by atoms with Gasteiger partial charge in [-0.1, -0.05) is 24.3 Å². The van der Waals surface area contributed by atoms with Crippen molar-refractivity contribution in [3.05, 3.63) is 59.5 Å². The van der Waals surface area contributed by atoms with E-state index in [1.807, 2.05) is 12.1 Å². The zero-order valence-electron chi connectivity index (χ0n) is 10.0. The Hall–Kier alpha value is -2.69. The van der Waals surface area contributed by atoms with Crippen molar-refractivity contribution in [3.63, 3.8) is 0 Å². The van der Waals surface area contributed by atoms with Gasteiger partial charge in [0.25, 0.3) is 0 Å². The Morgan fingerprint density at radius 3 is 2.79 bits per heavy atom. The number of carbonyl (C=O) groups excluding carboxylic acids is 1. The summed E-state index contributed by atoms with van der Waals surface area (Å²) in [7, 11) is 0. The molecule has 0 aliphatic carbocycles. The molecular formula is C14H11N3O2. The highest BCUT2D eigenvalue weighted by Crippen LogP contribution is 2.18. The Morgan fingerprint density at radius 2 is 2.00 bits per heavy atom. The van der Waals surface area contributed by atoms with E-state index < -0.39 is 0 Å². The lowest BCUT2D eigenvalue weighted by molar-refractivity contribution is 0.111. The average Bonchev–Trinajstić information content (AvgIpc) is 2.83. The maximum Gasteiger partial charge on any atom is 0.168 e. The van der Waals surface area contributed by atoms with E-state index in [4.69, 9.17) is 0 Å². The van der Waals surface area contributed by atoms with E-state index in [-0.39, 0.29) is 5.75 Å². The van der Waals surface area contributed by atoms with Crippen molar-refractivity contribution >= 4 is 11.9 Å². The van der Waals surface area contributed by atoms with Gasteiger partial charge in [0.15, 0.2) is 17.8 Å². The van der Waals surface area contributed by atoms with E-state index in [1.165, 1.54) is 4.52 Å². The summed E-state index contributed by atoms with van der Waals surface area (Å²) in [6.07, 6.45) is 1.16. The van der Waals surface area contributed by atoms with E-state index in [0.29, 0.717) is 23.6 Å². The third-order valence-electron chi connectivity index (χ3n) is 2.89. The van der Waals surface area contributed by atoms with E-state index in [0.717, 1.165) is 11.8 Å². The molecule has 2 aromatic heterocycles. The van der Waals surface area contributed by atoms with Gasteiger partial charge in [-0.05, 0) is 18.2 Å². The van der Waals surface area contributed by atoms with Crippen LogP contribution in [0.2, 0.25) is 0 Å². The lowest BCUT2D eigenvalue weighted by Crippen LogP contribution is -1.97. The van der Waals surface area contributed by atoms with Gasteiger partial charge in [0.2, 0.25) is 0 Å². The molecule has 0 spiro atoms. The number of fused-ring (bicyclic) bond motifs is 1. The molecule has 0 radical (unpaired) electrons. The van der Waals surface area contributed by atoms with Gasteiger partial charge in [-0.25, -0.2) is 9.50 Å². The summed E-state index contributed by atoms with van der Waals surface area (Å²) in [6, 6.07) is 12.3. The Kier molecular flexibility index (Phi) is 2.72. The van der Waals surface area contributed by atoms with Gasteiger partial charge in [0.05, 0.1) is 0 Å². The molecule has 1 N–H and O–H groups in total. The summed E-state index contributed by atoms with van der Waals surface area (Å²) in [5, 5.41) is 14.0. The Morgan fingerprint density at radius 1 is 1.16 bits per heavy atom. The van der Waals surface area contributed by atoms with Crippen LogP contribution in [-0.2, 0) is 6.42 Å². The molecule has 3 rings (SSSR count). The van der Waals surface area contributed by atoms with Crippen LogP contribution in [0, 0.1) is 0 Å². The van der Waals surface area contributed by atoms with E-state index in [9.17, 15) is 9.90 Å². The third kappa shape index (κ3) is 2.06. The molecule has 0 aliphatic heterocycles. The monoisotopic (exact) mass is 253 g/mol. The fourth-order valence-corrected chi connectivity index (χ4v) is 1.96. The van der Waals surface area contributed by atoms with Crippen molar-refractivity contribution < 1.29 is 9.90 Å². The highest BCUT2D eigenvalue weighted by atomic mass is 16.3. The molecule has 0 unspecified atom stereocenters. The lowest BCUT2D eigenvalue weighted by Gasteiger charge is -1.99. The number of phenolic OH excluding ortho intramolecular Hbond substituents is 1. The number of nitrogens with zero attached hydrogens (tertiary/aromatic N) is 3. The second kappa shape index (κ2) is 4.53. The largest absolute Gasteiger partial charge is 0.508 e. The second-order valence-electron chi connectivity index (χ2n) is 4.17. The van der Waals surface area contributed by atoms with Gasteiger partial charge >= 0.3 is 0 Å². The normalized spacial score (nSPS) is 10.7. The van der Waals surface area contributed by atoms with Crippen LogP contribution in [0.25, 0.3) is 5.65 Å². The maximum absolute atomic E-state index is 10.9. The molecule has 94 valence electrons. The topological polar surface area (TPSA) is 67.5 Å².